The zero-order chi connectivity index (χ0) is 18.0. The van der Waals surface area contributed by atoms with Gasteiger partial charge in [0.15, 0.2) is 5.13 Å². The molecule has 0 aliphatic heterocycles. The van der Waals surface area contributed by atoms with Gasteiger partial charge in [0.1, 0.15) is 6.04 Å². The molecule has 0 spiro atoms. The van der Waals surface area contributed by atoms with Gasteiger partial charge < -0.3 is 10.6 Å². The summed E-state index contributed by atoms with van der Waals surface area (Å²) in [6.07, 6.45) is 0. The molecule has 2 amide bonds. The molecule has 0 saturated carbocycles. The van der Waals surface area contributed by atoms with Crippen LogP contribution in [0.1, 0.15) is 29.1 Å². The monoisotopic (exact) mass is 373 g/mol. The van der Waals surface area contributed by atoms with E-state index >= 15 is 0 Å². The molecule has 3 aromatic rings. The summed E-state index contributed by atoms with van der Waals surface area (Å²) in [5, 5.41) is 8.04. The van der Waals surface area contributed by atoms with Crippen molar-refractivity contribution in [2.24, 2.45) is 5.92 Å². The third-order valence-corrected chi connectivity index (χ3v) is 5.56. The molecule has 0 bridgehead atoms. The molecular weight excluding hydrogens is 354 g/mol. The van der Waals surface area contributed by atoms with Gasteiger partial charge in [-0.05, 0) is 42.0 Å². The number of nitrogens with zero attached hydrogens (tertiary/aromatic N) is 1. The lowest BCUT2D eigenvalue weighted by Crippen LogP contribution is -2.46. The molecule has 130 valence electrons. The van der Waals surface area contributed by atoms with Crippen molar-refractivity contribution in [2.75, 3.05) is 5.32 Å². The van der Waals surface area contributed by atoms with E-state index in [9.17, 15) is 9.59 Å². The maximum Gasteiger partial charge on any atom is 0.262 e. The average molecular weight is 374 g/mol. The number of hydrogen-bond donors (Lipinski definition) is 2. The number of hydrogen-bond acceptors (Lipinski definition) is 5. The average Bonchev–Trinajstić information content (AvgIpc) is 3.20. The summed E-state index contributed by atoms with van der Waals surface area (Å²) in [5.41, 5.74) is 2.01. The van der Waals surface area contributed by atoms with Gasteiger partial charge >= 0.3 is 0 Å². The van der Waals surface area contributed by atoms with E-state index < -0.39 is 6.04 Å². The minimum absolute atomic E-state index is 0.0412. The minimum Gasteiger partial charge on any atom is -0.339 e. The van der Waals surface area contributed by atoms with Crippen molar-refractivity contribution < 1.29 is 9.59 Å². The Hall–Kier alpha value is -2.25. The highest BCUT2D eigenvalue weighted by Crippen LogP contribution is 2.27. The minimum atomic E-state index is -0.622. The first-order chi connectivity index (χ1) is 11.9. The SMILES string of the molecule is Cc1ccc2nc(NC(=O)C(NC(=O)c3cccs3)C(C)C)sc2c1. The van der Waals surface area contributed by atoms with E-state index in [1.54, 1.807) is 6.07 Å². The Balaban J connectivity index is 1.74. The quantitative estimate of drug-likeness (QED) is 0.708. The molecule has 5 nitrogen and oxygen atoms in total. The van der Waals surface area contributed by atoms with Crippen LogP contribution in [0.15, 0.2) is 35.7 Å². The van der Waals surface area contributed by atoms with Crippen LogP contribution in [0.3, 0.4) is 0 Å². The number of aromatic nitrogens is 1. The summed E-state index contributed by atoms with van der Waals surface area (Å²) in [6, 6.07) is 8.91. The van der Waals surface area contributed by atoms with Crippen LogP contribution in [-0.4, -0.2) is 22.8 Å². The predicted octanol–water partition coefficient (Wildman–Crippen LogP) is 4.06. The zero-order valence-electron chi connectivity index (χ0n) is 14.2. The first kappa shape index (κ1) is 17.6. The lowest BCUT2D eigenvalue weighted by molar-refractivity contribution is -0.118. The number of thiazole rings is 1. The highest BCUT2D eigenvalue weighted by molar-refractivity contribution is 7.22. The number of nitrogens with one attached hydrogen (secondary N) is 2. The van der Waals surface area contributed by atoms with Crippen LogP contribution in [0.4, 0.5) is 5.13 Å². The maximum absolute atomic E-state index is 12.6. The highest BCUT2D eigenvalue weighted by atomic mass is 32.1. The number of thiophene rings is 1. The number of carbonyl (C=O) groups excluding carboxylic acids is 2. The van der Waals surface area contributed by atoms with E-state index in [1.165, 1.54) is 22.7 Å². The summed E-state index contributed by atoms with van der Waals surface area (Å²) in [4.78, 5) is 29.9. The molecule has 3 rings (SSSR count). The molecular formula is C18H19N3O2S2. The molecule has 25 heavy (non-hydrogen) atoms. The van der Waals surface area contributed by atoms with E-state index in [0.29, 0.717) is 10.0 Å². The third-order valence-electron chi connectivity index (χ3n) is 3.75. The Morgan fingerprint density at radius 3 is 2.68 bits per heavy atom. The largest absolute Gasteiger partial charge is 0.339 e. The second-order valence-corrected chi connectivity index (χ2v) is 8.13. The van der Waals surface area contributed by atoms with Crippen LogP contribution in [0.2, 0.25) is 0 Å². The number of anilines is 1. The van der Waals surface area contributed by atoms with Crippen LogP contribution in [0, 0.1) is 12.8 Å². The number of fused-ring (bicyclic) bond motifs is 1. The fourth-order valence-corrected chi connectivity index (χ4v) is 4.02. The van der Waals surface area contributed by atoms with E-state index in [2.05, 4.69) is 15.6 Å². The number of aryl methyl sites for hydroxylation is 1. The van der Waals surface area contributed by atoms with Crippen LogP contribution >= 0.6 is 22.7 Å². The number of carbonyl (C=O) groups is 2. The number of benzene rings is 1. The van der Waals surface area contributed by atoms with Gasteiger partial charge in [0.25, 0.3) is 5.91 Å². The maximum atomic E-state index is 12.6. The second kappa shape index (κ2) is 7.33. The fraction of sp³-hybridized carbons (Fsp3) is 0.278. The molecule has 0 saturated heterocycles. The molecule has 7 heteroatoms. The predicted molar refractivity (Wildman–Crippen MR) is 103 cm³/mol. The van der Waals surface area contributed by atoms with Gasteiger partial charge in [0.05, 0.1) is 15.1 Å². The Labute approximate surface area is 154 Å². The lowest BCUT2D eigenvalue weighted by atomic mass is 10.0. The van der Waals surface area contributed by atoms with Crippen LogP contribution < -0.4 is 10.6 Å². The van der Waals surface area contributed by atoms with Crippen molar-refractivity contribution in [2.45, 2.75) is 26.8 Å². The molecule has 1 atom stereocenters. The Bertz CT molecular complexity index is 900. The molecule has 0 fully saturated rings. The summed E-state index contributed by atoms with van der Waals surface area (Å²) in [5.74, 6) is -0.528. The van der Waals surface area contributed by atoms with Crippen molar-refractivity contribution in [3.63, 3.8) is 0 Å². The molecule has 0 aliphatic carbocycles. The normalized spacial score (nSPS) is 12.3. The molecule has 1 unspecified atom stereocenters. The van der Waals surface area contributed by atoms with E-state index in [-0.39, 0.29) is 17.7 Å². The van der Waals surface area contributed by atoms with Crippen LogP contribution in [0.25, 0.3) is 10.2 Å². The summed E-state index contributed by atoms with van der Waals surface area (Å²) >= 11 is 2.78. The van der Waals surface area contributed by atoms with Gasteiger partial charge in [-0.25, -0.2) is 4.98 Å². The summed E-state index contributed by atoms with van der Waals surface area (Å²) in [6.45, 7) is 5.83. The van der Waals surface area contributed by atoms with Crippen molar-refractivity contribution in [3.8, 4) is 0 Å². The highest BCUT2D eigenvalue weighted by Gasteiger charge is 2.25. The van der Waals surface area contributed by atoms with Crippen molar-refractivity contribution in [3.05, 3.63) is 46.2 Å². The van der Waals surface area contributed by atoms with Gasteiger partial charge in [-0.1, -0.05) is 37.3 Å². The first-order valence-corrected chi connectivity index (χ1v) is 9.66. The van der Waals surface area contributed by atoms with E-state index in [1.807, 2.05) is 50.4 Å². The molecule has 0 aliphatic rings. The molecule has 2 heterocycles. The zero-order valence-corrected chi connectivity index (χ0v) is 15.8. The van der Waals surface area contributed by atoms with Crippen molar-refractivity contribution >= 4 is 49.8 Å². The lowest BCUT2D eigenvalue weighted by Gasteiger charge is -2.20. The Morgan fingerprint density at radius 1 is 1.20 bits per heavy atom. The topological polar surface area (TPSA) is 71.1 Å². The molecule has 2 aromatic heterocycles. The number of amides is 2. The molecule has 2 N–H and O–H groups in total. The Kier molecular flexibility index (Phi) is 5.15. The standard InChI is InChI=1S/C18H19N3O2S2/c1-10(2)15(20-16(22)13-5-4-8-24-13)17(23)21-18-19-12-7-6-11(3)9-14(12)25-18/h4-10,15H,1-3H3,(H,20,22)(H,19,21,23). The number of rotatable bonds is 5. The third kappa shape index (κ3) is 4.05. The smallest absolute Gasteiger partial charge is 0.262 e. The van der Waals surface area contributed by atoms with Crippen LogP contribution in [-0.2, 0) is 4.79 Å². The van der Waals surface area contributed by atoms with E-state index in [0.717, 1.165) is 15.8 Å². The van der Waals surface area contributed by atoms with Gasteiger partial charge in [-0.3, -0.25) is 9.59 Å². The van der Waals surface area contributed by atoms with Gasteiger partial charge in [-0.15, -0.1) is 11.3 Å². The molecule has 0 radical (unpaired) electrons. The van der Waals surface area contributed by atoms with Crippen molar-refractivity contribution in [1.29, 1.82) is 0 Å². The summed E-state index contributed by atoms with van der Waals surface area (Å²) < 4.78 is 1.03. The fourth-order valence-electron chi connectivity index (χ4n) is 2.42. The van der Waals surface area contributed by atoms with Crippen LogP contribution in [0.5, 0.6) is 0 Å². The first-order valence-electron chi connectivity index (χ1n) is 7.96. The summed E-state index contributed by atoms with van der Waals surface area (Å²) in [7, 11) is 0. The van der Waals surface area contributed by atoms with E-state index in [4.69, 9.17) is 0 Å². The van der Waals surface area contributed by atoms with Gasteiger partial charge in [-0.2, -0.15) is 0 Å². The van der Waals surface area contributed by atoms with Gasteiger partial charge in [0.2, 0.25) is 5.91 Å². The van der Waals surface area contributed by atoms with Crippen molar-refractivity contribution in [1.82, 2.24) is 10.3 Å². The second-order valence-electron chi connectivity index (χ2n) is 6.15. The van der Waals surface area contributed by atoms with Gasteiger partial charge in [0, 0.05) is 0 Å². The molecule has 1 aromatic carbocycles. The Morgan fingerprint density at radius 2 is 2.00 bits per heavy atom.